The van der Waals surface area contributed by atoms with E-state index in [2.05, 4.69) is 91.6 Å². The molecule has 0 unspecified atom stereocenters. The van der Waals surface area contributed by atoms with Gasteiger partial charge in [0.05, 0.1) is 0 Å². The van der Waals surface area contributed by atoms with Gasteiger partial charge in [-0.05, 0) is 46.5 Å². The van der Waals surface area contributed by atoms with E-state index in [1.807, 2.05) is 11.3 Å². The van der Waals surface area contributed by atoms with Crippen LogP contribution in [0.3, 0.4) is 0 Å². The first-order valence-corrected chi connectivity index (χ1v) is 10.9. The van der Waals surface area contributed by atoms with Crippen molar-refractivity contribution >= 4 is 53.3 Å². The third-order valence-corrected chi connectivity index (χ3v) is 8.00. The molecule has 138 valence electrons. The second-order valence-corrected chi connectivity index (χ2v) is 9.75. The van der Waals surface area contributed by atoms with E-state index in [-0.39, 0.29) is 5.41 Å². The molecule has 29 heavy (non-hydrogen) atoms. The van der Waals surface area contributed by atoms with Gasteiger partial charge in [0.1, 0.15) is 0 Å². The van der Waals surface area contributed by atoms with Crippen LogP contribution in [0.15, 0.2) is 72.8 Å². The Kier molecular flexibility index (Phi) is 2.77. The quantitative estimate of drug-likeness (QED) is 0.271. The van der Waals surface area contributed by atoms with E-state index in [9.17, 15) is 0 Å². The van der Waals surface area contributed by atoms with Crippen molar-refractivity contribution < 1.29 is 0 Å². The first-order valence-electron chi connectivity index (χ1n) is 10.1. The fourth-order valence-corrected chi connectivity index (χ4v) is 6.65. The molecule has 7 rings (SSSR count). The molecule has 0 saturated carbocycles. The number of aromatic amines is 1. The molecule has 1 N–H and O–H groups in total. The predicted octanol–water partition coefficient (Wildman–Crippen LogP) is 8.00. The van der Waals surface area contributed by atoms with E-state index < -0.39 is 0 Å². The van der Waals surface area contributed by atoms with Crippen molar-refractivity contribution in [1.29, 1.82) is 0 Å². The third kappa shape index (κ3) is 1.86. The number of aromatic nitrogens is 1. The molecule has 2 heteroatoms. The fraction of sp³-hybridized carbons (Fsp3) is 0.111. The summed E-state index contributed by atoms with van der Waals surface area (Å²) in [4.78, 5) is 3.59. The van der Waals surface area contributed by atoms with Gasteiger partial charge in [-0.1, -0.05) is 62.4 Å². The summed E-state index contributed by atoms with van der Waals surface area (Å²) in [6.07, 6.45) is 0. The summed E-state index contributed by atoms with van der Waals surface area (Å²) in [5.41, 5.74) is 8.17. The van der Waals surface area contributed by atoms with Crippen molar-refractivity contribution in [3.05, 3.63) is 83.9 Å². The molecule has 0 spiro atoms. The summed E-state index contributed by atoms with van der Waals surface area (Å²) in [5.74, 6) is 0. The lowest BCUT2D eigenvalue weighted by Crippen LogP contribution is -2.14. The Morgan fingerprint density at radius 1 is 0.690 bits per heavy atom. The number of nitrogens with one attached hydrogen (secondary N) is 1. The third-order valence-electron chi connectivity index (χ3n) is 6.81. The van der Waals surface area contributed by atoms with Crippen LogP contribution in [0.25, 0.3) is 53.1 Å². The van der Waals surface area contributed by atoms with Gasteiger partial charge in [0, 0.05) is 47.4 Å². The highest BCUT2D eigenvalue weighted by molar-refractivity contribution is 7.26. The maximum Gasteiger partial charge on any atom is 0.0479 e. The number of hydrogen-bond donors (Lipinski definition) is 1. The second kappa shape index (κ2) is 5.08. The number of rotatable bonds is 0. The van der Waals surface area contributed by atoms with Crippen LogP contribution >= 0.6 is 11.3 Å². The standard InChI is InChI=1S/C27H19NS/c1-27(2)20-9-5-3-7-15(20)18-13-19-16-11-12-23-25(17-8-4-6-10-22(17)28-23)26(16)29-24(19)14-21(18)27/h3-14,28H,1-2H3. The number of para-hydroxylation sites is 1. The summed E-state index contributed by atoms with van der Waals surface area (Å²) < 4.78 is 2.78. The highest BCUT2D eigenvalue weighted by atomic mass is 32.1. The molecule has 2 aromatic heterocycles. The van der Waals surface area contributed by atoms with Gasteiger partial charge in [-0.25, -0.2) is 0 Å². The summed E-state index contributed by atoms with van der Waals surface area (Å²) in [6, 6.07) is 27.0. The molecule has 0 saturated heterocycles. The van der Waals surface area contributed by atoms with Gasteiger partial charge in [-0.15, -0.1) is 11.3 Å². The highest BCUT2D eigenvalue weighted by Crippen LogP contribution is 2.52. The fourth-order valence-electron chi connectivity index (χ4n) is 5.36. The molecule has 0 aliphatic heterocycles. The molecule has 1 nitrogen and oxygen atoms in total. The minimum Gasteiger partial charge on any atom is -0.354 e. The van der Waals surface area contributed by atoms with Crippen LogP contribution in [0.5, 0.6) is 0 Å². The Hall–Kier alpha value is -3.10. The molecule has 1 aliphatic carbocycles. The second-order valence-electron chi connectivity index (χ2n) is 8.70. The topological polar surface area (TPSA) is 15.8 Å². The maximum atomic E-state index is 3.59. The molecular formula is C27H19NS. The van der Waals surface area contributed by atoms with Crippen LogP contribution < -0.4 is 0 Å². The van der Waals surface area contributed by atoms with Gasteiger partial charge in [0.25, 0.3) is 0 Å². The SMILES string of the molecule is CC1(C)c2ccccc2-c2cc3c(cc21)sc1c3ccc2[nH]c3ccccc3c21. The molecule has 0 atom stereocenters. The molecule has 2 heterocycles. The summed E-state index contributed by atoms with van der Waals surface area (Å²) in [7, 11) is 0. The molecule has 0 radical (unpaired) electrons. The van der Waals surface area contributed by atoms with Crippen LogP contribution in [0.1, 0.15) is 25.0 Å². The lowest BCUT2D eigenvalue weighted by atomic mass is 9.82. The lowest BCUT2D eigenvalue weighted by Gasteiger charge is -2.21. The van der Waals surface area contributed by atoms with E-state index in [4.69, 9.17) is 0 Å². The molecule has 1 aliphatic rings. The van der Waals surface area contributed by atoms with Gasteiger partial charge in [0.15, 0.2) is 0 Å². The number of fused-ring (bicyclic) bond motifs is 10. The van der Waals surface area contributed by atoms with E-state index in [1.54, 1.807) is 0 Å². The summed E-state index contributed by atoms with van der Waals surface area (Å²) in [6.45, 7) is 4.71. The van der Waals surface area contributed by atoms with Crippen LogP contribution in [0.2, 0.25) is 0 Å². The first kappa shape index (κ1) is 15.8. The van der Waals surface area contributed by atoms with Gasteiger partial charge < -0.3 is 4.98 Å². The normalized spacial score (nSPS) is 14.8. The van der Waals surface area contributed by atoms with Crippen LogP contribution in [-0.2, 0) is 5.41 Å². The van der Waals surface area contributed by atoms with E-state index in [0.717, 1.165) is 0 Å². The van der Waals surface area contributed by atoms with Crippen molar-refractivity contribution in [1.82, 2.24) is 4.98 Å². The zero-order chi connectivity index (χ0) is 19.3. The van der Waals surface area contributed by atoms with Gasteiger partial charge in [-0.3, -0.25) is 0 Å². The zero-order valence-electron chi connectivity index (χ0n) is 16.3. The van der Waals surface area contributed by atoms with Crippen molar-refractivity contribution in [3.63, 3.8) is 0 Å². The molecule has 4 aromatic carbocycles. The molecule has 0 amide bonds. The lowest BCUT2D eigenvalue weighted by molar-refractivity contribution is 0.661. The maximum absolute atomic E-state index is 3.59. The Balaban J connectivity index is 1.65. The zero-order valence-corrected chi connectivity index (χ0v) is 17.2. The summed E-state index contributed by atoms with van der Waals surface area (Å²) in [5, 5.41) is 5.42. The molecule has 0 bridgehead atoms. The Morgan fingerprint density at radius 2 is 1.52 bits per heavy atom. The largest absolute Gasteiger partial charge is 0.354 e. The number of benzene rings is 4. The number of thiophene rings is 1. The molecular weight excluding hydrogens is 370 g/mol. The Labute approximate surface area is 172 Å². The van der Waals surface area contributed by atoms with Gasteiger partial charge in [-0.2, -0.15) is 0 Å². The van der Waals surface area contributed by atoms with Crippen LogP contribution in [0.4, 0.5) is 0 Å². The van der Waals surface area contributed by atoms with E-state index in [0.29, 0.717) is 0 Å². The Bertz CT molecular complexity index is 1630. The summed E-state index contributed by atoms with van der Waals surface area (Å²) >= 11 is 1.94. The minimum absolute atomic E-state index is 0.0480. The van der Waals surface area contributed by atoms with Crippen molar-refractivity contribution in [3.8, 4) is 11.1 Å². The van der Waals surface area contributed by atoms with Crippen molar-refractivity contribution in [2.24, 2.45) is 0 Å². The van der Waals surface area contributed by atoms with E-state index in [1.165, 1.54) is 64.2 Å². The average Bonchev–Trinajstić information content (AvgIpc) is 3.36. The van der Waals surface area contributed by atoms with Crippen molar-refractivity contribution in [2.45, 2.75) is 19.3 Å². The van der Waals surface area contributed by atoms with Crippen molar-refractivity contribution in [2.75, 3.05) is 0 Å². The Morgan fingerprint density at radius 3 is 2.45 bits per heavy atom. The first-order chi connectivity index (χ1) is 14.1. The highest BCUT2D eigenvalue weighted by Gasteiger charge is 2.35. The van der Waals surface area contributed by atoms with E-state index >= 15 is 0 Å². The van der Waals surface area contributed by atoms with Crippen LogP contribution in [-0.4, -0.2) is 4.98 Å². The van der Waals surface area contributed by atoms with Gasteiger partial charge in [0.2, 0.25) is 0 Å². The minimum atomic E-state index is 0.0480. The number of hydrogen-bond acceptors (Lipinski definition) is 1. The predicted molar refractivity (Wildman–Crippen MR) is 126 cm³/mol. The van der Waals surface area contributed by atoms with Crippen LogP contribution in [0, 0.1) is 0 Å². The molecule has 0 fully saturated rings. The average molecular weight is 390 g/mol. The molecule has 6 aromatic rings. The van der Waals surface area contributed by atoms with Gasteiger partial charge >= 0.3 is 0 Å². The monoisotopic (exact) mass is 389 g/mol. The smallest absolute Gasteiger partial charge is 0.0479 e. The number of H-pyrrole nitrogens is 1.